The van der Waals surface area contributed by atoms with Crippen molar-refractivity contribution in [1.82, 2.24) is 5.32 Å². The molecule has 3 rings (SSSR count). The summed E-state index contributed by atoms with van der Waals surface area (Å²) in [5.41, 5.74) is 7.64. The van der Waals surface area contributed by atoms with Crippen LogP contribution in [0.1, 0.15) is 41.1 Å². The van der Waals surface area contributed by atoms with Gasteiger partial charge in [-0.1, -0.05) is 18.2 Å². The molecule has 3 N–H and O–H groups in total. The molecular formula is C16H24N2O2. The second-order valence-corrected chi connectivity index (χ2v) is 5.47. The van der Waals surface area contributed by atoms with Crippen LogP contribution in [0.5, 0.6) is 0 Å². The van der Waals surface area contributed by atoms with Gasteiger partial charge in [0.15, 0.2) is 0 Å². The van der Waals surface area contributed by atoms with Gasteiger partial charge in [-0.3, -0.25) is 4.79 Å². The highest BCUT2D eigenvalue weighted by molar-refractivity contribution is 5.75. The summed E-state index contributed by atoms with van der Waals surface area (Å²) >= 11 is 0. The van der Waals surface area contributed by atoms with Gasteiger partial charge in [-0.05, 0) is 37.9 Å². The van der Waals surface area contributed by atoms with E-state index in [0.717, 1.165) is 31.5 Å². The van der Waals surface area contributed by atoms with Gasteiger partial charge in [0, 0.05) is 36.8 Å². The van der Waals surface area contributed by atoms with Gasteiger partial charge in [0.05, 0.1) is 0 Å². The first-order chi connectivity index (χ1) is 9.74. The van der Waals surface area contributed by atoms with E-state index in [4.69, 9.17) is 10.5 Å². The van der Waals surface area contributed by atoms with Gasteiger partial charge < -0.3 is 15.8 Å². The van der Waals surface area contributed by atoms with Crippen LogP contribution in [0.2, 0.25) is 0 Å². The summed E-state index contributed by atoms with van der Waals surface area (Å²) in [5.74, 6) is 0.491. The predicted octanol–water partition coefficient (Wildman–Crippen LogP) is 1.70. The standard InChI is InChI=1S/C10H11NO.C6H13NO/c11-10-5-9(10)8-3-1-2-7(4-8)6-12;1-7-6-2-4-8-5-3-6/h1-4,6,9-10H,5,11H2;6-7H,2-5H2,1H3. The van der Waals surface area contributed by atoms with E-state index in [1.54, 1.807) is 0 Å². The number of rotatable bonds is 3. The van der Waals surface area contributed by atoms with E-state index in [1.807, 2.05) is 31.3 Å². The molecule has 0 bridgehead atoms. The van der Waals surface area contributed by atoms with Gasteiger partial charge >= 0.3 is 0 Å². The molecular weight excluding hydrogens is 252 g/mol. The van der Waals surface area contributed by atoms with Crippen LogP contribution in [0.15, 0.2) is 24.3 Å². The average molecular weight is 276 g/mol. The van der Waals surface area contributed by atoms with Crippen molar-refractivity contribution in [3.05, 3.63) is 35.4 Å². The fourth-order valence-electron chi connectivity index (χ4n) is 2.45. The van der Waals surface area contributed by atoms with Crippen LogP contribution in [0.4, 0.5) is 0 Å². The Morgan fingerprint density at radius 2 is 2.05 bits per heavy atom. The molecule has 2 aliphatic rings. The summed E-state index contributed by atoms with van der Waals surface area (Å²) in [5, 5.41) is 3.22. The number of ether oxygens (including phenoxy) is 1. The summed E-state index contributed by atoms with van der Waals surface area (Å²) in [6.45, 7) is 1.87. The van der Waals surface area contributed by atoms with Crippen LogP contribution >= 0.6 is 0 Å². The lowest BCUT2D eigenvalue weighted by atomic mass is 10.1. The molecule has 110 valence electrons. The minimum atomic E-state index is 0.312. The van der Waals surface area contributed by atoms with E-state index in [1.165, 1.54) is 18.4 Å². The number of hydrogen-bond donors (Lipinski definition) is 2. The zero-order valence-corrected chi connectivity index (χ0v) is 12.0. The summed E-state index contributed by atoms with van der Waals surface area (Å²) in [7, 11) is 2.01. The fourth-order valence-corrected chi connectivity index (χ4v) is 2.45. The number of hydrogen-bond acceptors (Lipinski definition) is 4. The van der Waals surface area contributed by atoms with Gasteiger partial charge in [-0.25, -0.2) is 0 Å². The van der Waals surface area contributed by atoms with Crippen molar-refractivity contribution in [1.29, 1.82) is 0 Å². The third-order valence-electron chi connectivity index (χ3n) is 3.94. The Balaban J connectivity index is 0.000000160. The van der Waals surface area contributed by atoms with Crippen LogP contribution in [-0.2, 0) is 4.74 Å². The Kier molecular flexibility index (Phi) is 5.71. The van der Waals surface area contributed by atoms with E-state index in [-0.39, 0.29) is 0 Å². The third kappa shape index (κ3) is 4.40. The molecule has 1 heterocycles. The first kappa shape index (κ1) is 15.2. The van der Waals surface area contributed by atoms with Gasteiger partial charge in [-0.15, -0.1) is 0 Å². The second kappa shape index (κ2) is 7.53. The lowest BCUT2D eigenvalue weighted by Gasteiger charge is -2.20. The molecule has 2 atom stereocenters. The smallest absolute Gasteiger partial charge is 0.150 e. The number of carbonyl (C=O) groups is 1. The fraction of sp³-hybridized carbons (Fsp3) is 0.562. The van der Waals surface area contributed by atoms with Crippen LogP contribution in [0.25, 0.3) is 0 Å². The average Bonchev–Trinajstić information content (AvgIpc) is 3.26. The van der Waals surface area contributed by atoms with Crippen molar-refractivity contribution in [3.8, 4) is 0 Å². The molecule has 1 saturated carbocycles. The highest BCUT2D eigenvalue weighted by atomic mass is 16.5. The zero-order valence-electron chi connectivity index (χ0n) is 12.0. The molecule has 0 spiro atoms. The molecule has 4 nitrogen and oxygen atoms in total. The van der Waals surface area contributed by atoms with E-state index in [9.17, 15) is 4.79 Å². The Labute approximate surface area is 120 Å². The normalized spacial score (nSPS) is 25.5. The van der Waals surface area contributed by atoms with Gasteiger partial charge in [0.25, 0.3) is 0 Å². The number of nitrogens with two attached hydrogens (primary N) is 1. The minimum absolute atomic E-state index is 0.312. The van der Waals surface area contributed by atoms with E-state index >= 15 is 0 Å². The van der Waals surface area contributed by atoms with Crippen LogP contribution < -0.4 is 11.1 Å². The number of carbonyl (C=O) groups excluding carboxylic acids is 1. The summed E-state index contributed by atoms with van der Waals surface area (Å²) in [4.78, 5) is 10.5. The molecule has 0 aromatic heterocycles. The molecule has 0 amide bonds. The summed E-state index contributed by atoms with van der Waals surface area (Å²) in [6.07, 6.45) is 4.28. The van der Waals surface area contributed by atoms with Crippen LogP contribution in [0.3, 0.4) is 0 Å². The Hall–Kier alpha value is -1.23. The van der Waals surface area contributed by atoms with Crippen LogP contribution in [-0.4, -0.2) is 38.6 Å². The van der Waals surface area contributed by atoms with Gasteiger partial charge in [0.1, 0.15) is 6.29 Å². The largest absolute Gasteiger partial charge is 0.381 e. The van der Waals surface area contributed by atoms with Crippen molar-refractivity contribution in [2.24, 2.45) is 5.73 Å². The lowest BCUT2D eigenvalue weighted by molar-refractivity contribution is 0.0799. The quantitative estimate of drug-likeness (QED) is 0.825. The highest BCUT2D eigenvalue weighted by Gasteiger charge is 2.34. The Bertz CT molecular complexity index is 430. The molecule has 20 heavy (non-hydrogen) atoms. The monoisotopic (exact) mass is 276 g/mol. The molecule has 4 heteroatoms. The zero-order chi connectivity index (χ0) is 14.4. The van der Waals surface area contributed by atoms with Crippen molar-refractivity contribution in [2.75, 3.05) is 20.3 Å². The SMILES string of the molecule is CNC1CCOCC1.NC1CC1c1cccc(C=O)c1. The Morgan fingerprint density at radius 1 is 1.35 bits per heavy atom. The minimum Gasteiger partial charge on any atom is -0.381 e. The first-order valence-corrected chi connectivity index (χ1v) is 7.30. The van der Waals surface area contributed by atoms with Crippen molar-refractivity contribution in [2.45, 2.75) is 37.3 Å². The lowest BCUT2D eigenvalue weighted by Crippen LogP contribution is -2.31. The molecule has 2 unspecified atom stereocenters. The summed E-state index contributed by atoms with van der Waals surface area (Å²) < 4.78 is 5.16. The Morgan fingerprint density at radius 3 is 2.55 bits per heavy atom. The summed E-state index contributed by atoms with van der Waals surface area (Å²) in [6, 6.07) is 8.69. The molecule has 1 aromatic carbocycles. The molecule has 0 radical (unpaired) electrons. The topological polar surface area (TPSA) is 64.3 Å². The predicted molar refractivity (Wildman–Crippen MR) is 80.1 cm³/mol. The van der Waals surface area contributed by atoms with Gasteiger partial charge in [-0.2, -0.15) is 0 Å². The number of nitrogens with one attached hydrogen (secondary N) is 1. The molecule has 1 aromatic rings. The number of aldehydes is 1. The van der Waals surface area contributed by atoms with Gasteiger partial charge in [0.2, 0.25) is 0 Å². The third-order valence-corrected chi connectivity index (χ3v) is 3.94. The van der Waals surface area contributed by atoms with E-state index in [0.29, 0.717) is 18.0 Å². The van der Waals surface area contributed by atoms with Crippen molar-refractivity contribution >= 4 is 6.29 Å². The van der Waals surface area contributed by atoms with Crippen molar-refractivity contribution in [3.63, 3.8) is 0 Å². The molecule has 1 aliphatic heterocycles. The maximum atomic E-state index is 10.5. The second-order valence-electron chi connectivity index (χ2n) is 5.47. The maximum Gasteiger partial charge on any atom is 0.150 e. The van der Waals surface area contributed by atoms with E-state index in [2.05, 4.69) is 5.32 Å². The van der Waals surface area contributed by atoms with Crippen LogP contribution in [0, 0.1) is 0 Å². The number of benzene rings is 1. The first-order valence-electron chi connectivity index (χ1n) is 7.30. The maximum absolute atomic E-state index is 10.5. The van der Waals surface area contributed by atoms with E-state index < -0.39 is 0 Å². The molecule has 1 saturated heterocycles. The van der Waals surface area contributed by atoms with Crippen molar-refractivity contribution < 1.29 is 9.53 Å². The highest BCUT2D eigenvalue weighted by Crippen LogP contribution is 2.38. The molecule has 2 fully saturated rings. The molecule has 1 aliphatic carbocycles.